The van der Waals surface area contributed by atoms with Crippen LogP contribution in [-0.2, 0) is 6.18 Å². The number of halogens is 3. The average Bonchev–Trinajstić information content (AvgIpc) is 2.86. The molecule has 1 atom stereocenters. The van der Waals surface area contributed by atoms with Crippen molar-refractivity contribution < 1.29 is 17.6 Å². The largest absolute Gasteiger partial charge is 0.462 e. The van der Waals surface area contributed by atoms with Crippen LogP contribution in [0.15, 0.2) is 28.9 Å². The van der Waals surface area contributed by atoms with Crippen LogP contribution in [0.4, 0.5) is 18.9 Å². The van der Waals surface area contributed by atoms with E-state index < -0.39 is 11.7 Å². The van der Waals surface area contributed by atoms with Gasteiger partial charge in [-0.05, 0) is 25.1 Å². The van der Waals surface area contributed by atoms with Crippen molar-refractivity contribution in [3.63, 3.8) is 0 Å². The van der Waals surface area contributed by atoms with Crippen molar-refractivity contribution in [3.05, 3.63) is 30.0 Å². The van der Waals surface area contributed by atoms with Crippen LogP contribution in [0.1, 0.15) is 12.5 Å². The summed E-state index contributed by atoms with van der Waals surface area (Å²) in [6.45, 7) is 4.41. The van der Waals surface area contributed by atoms with Gasteiger partial charge in [0.25, 0.3) is 0 Å². The Kier molecular flexibility index (Phi) is 3.12. The van der Waals surface area contributed by atoms with Gasteiger partial charge in [0.15, 0.2) is 5.58 Å². The topological polar surface area (TPSA) is 28.4 Å². The second-order valence-corrected chi connectivity index (χ2v) is 5.04. The van der Waals surface area contributed by atoms with Crippen molar-refractivity contribution in [2.45, 2.75) is 19.1 Å². The zero-order valence-corrected chi connectivity index (χ0v) is 11.0. The molecule has 0 bridgehead atoms. The average molecular weight is 284 g/mol. The summed E-state index contributed by atoms with van der Waals surface area (Å²) in [5.41, 5.74) is 0.397. The van der Waals surface area contributed by atoms with Crippen LogP contribution in [0.3, 0.4) is 0 Å². The van der Waals surface area contributed by atoms with Crippen LogP contribution in [0.25, 0.3) is 11.0 Å². The van der Waals surface area contributed by atoms with E-state index in [0.717, 1.165) is 31.4 Å². The molecule has 1 aliphatic heterocycles. The van der Waals surface area contributed by atoms with Gasteiger partial charge in [-0.2, -0.15) is 13.2 Å². The lowest BCUT2D eigenvalue weighted by Gasteiger charge is -2.36. The predicted octanol–water partition coefficient (Wildman–Crippen LogP) is 3.25. The van der Waals surface area contributed by atoms with Crippen LogP contribution in [0, 0.1) is 0 Å². The van der Waals surface area contributed by atoms with E-state index in [1.807, 2.05) is 6.92 Å². The fraction of sp³-hybridized carbons (Fsp3) is 0.429. The number of nitrogens with zero attached hydrogens (tertiary/aromatic N) is 1. The standard InChI is InChI=1S/C14H15F3N2O/c1-9-8-18-5-6-19(9)12-3-2-11(14(15,16)17)10-4-7-20-13(10)12/h2-4,7,9,18H,5-6,8H2,1H3. The maximum absolute atomic E-state index is 13.0. The molecule has 1 aromatic carbocycles. The number of alkyl halides is 3. The van der Waals surface area contributed by atoms with E-state index in [0.29, 0.717) is 5.58 Å². The van der Waals surface area contributed by atoms with Gasteiger partial charge in [-0.1, -0.05) is 0 Å². The maximum atomic E-state index is 13.0. The van der Waals surface area contributed by atoms with Gasteiger partial charge in [-0.3, -0.25) is 0 Å². The quantitative estimate of drug-likeness (QED) is 0.871. The maximum Gasteiger partial charge on any atom is 0.417 e. The highest BCUT2D eigenvalue weighted by Gasteiger charge is 2.34. The van der Waals surface area contributed by atoms with E-state index in [1.54, 1.807) is 0 Å². The zero-order valence-electron chi connectivity index (χ0n) is 11.0. The molecule has 0 saturated carbocycles. The Morgan fingerprint density at radius 3 is 2.80 bits per heavy atom. The van der Waals surface area contributed by atoms with E-state index in [2.05, 4.69) is 10.2 Å². The number of fused-ring (bicyclic) bond motifs is 1. The molecule has 1 aliphatic rings. The van der Waals surface area contributed by atoms with Crippen LogP contribution >= 0.6 is 0 Å². The first-order valence-electron chi connectivity index (χ1n) is 6.53. The molecule has 3 rings (SSSR count). The zero-order chi connectivity index (χ0) is 14.3. The van der Waals surface area contributed by atoms with Gasteiger partial charge in [-0.25, -0.2) is 0 Å². The van der Waals surface area contributed by atoms with Crippen molar-refractivity contribution in [2.75, 3.05) is 24.5 Å². The van der Waals surface area contributed by atoms with E-state index in [4.69, 9.17) is 4.42 Å². The minimum atomic E-state index is -4.37. The van der Waals surface area contributed by atoms with E-state index >= 15 is 0 Å². The molecule has 0 amide bonds. The molecular weight excluding hydrogens is 269 g/mol. The number of benzene rings is 1. The van der Waals surface area contributed by atoms with Gasteiger partial charge in [-0.15, -0.1) is 0 Å². The lowest BCUT2D eigenvalue weighted by atomic mass is 10.1. The molecule has 6 heteroatoms. The minimum Gasteiger partial charge on any atom is -0.462 e. The summed E-state index contributed by atoms with van der Waals surface area (Å²) >= 11 is 0. The molecule has 1 fully saturated rings. The van der Waals surface area contributed by atoms with Crippen molar-refractivity contribution in [3.8, 4) is 0 Å². The number of rotatable bonds is 1. The number of hydrogen-bond acceptors (Lipinski definition) is 3. The Labute approximate surface area is 114 Å². The highest BCUT2D eigenvalue weighted by atomic mass is 19.4. The number of piperazine rings is 1. The molecule has 1 unspecified atom stereocenters. The second-order valence-electron chi connectivity index (χ2n) is 5.04. The van der Waals surface area contributed by atoms with Gasteiger partial charge in [0.1, 0.15) is 0 Å². The van der Waals surface area contributed by atoms with Gasteiger partial charge in [0.05, 0.1) is 17.5 Å². The second kappa shape index (κ2) is 4.70. The highest BCUT2D eigenvalue weighted by Crippen LogP contribution is 2.39. The first-order valence-corrected chi connectivity index (χ1v) is 6.53. The summed E-state index contributed by atoms with van der Waals surface area (Å²) in [7, 11) is 0. The molecule has 1 N–H and O–H groups in total. The molecule has 0 radical (unpaired) electrons. The lowest BCUT2D eigenvalue weighted by Crippen LogP contribution is -2.50. The molecule has 2 aromatic rings. The summed E-state index contributed by atoms with van der Waals surface area (Å²) in [5.74, 6) is 0. The van der Waals surface area contributed by atoms with Crippen molar-refractivity contribution in [1.82, 2.24) is 5.32 Å². The van der Waals surface area contributed by atoms with Crippen molar-refractivity contribution in [1.29, 1.82) is 0 Å². The Morgan fingerprint density at radius 2 is 2.10 bits per heavy atom. The summed E-state index contributed by atoms with van der Waals surface area (Å²) in [4.78, 5) is 2.09. The molecular formula is C14H15F3N2O. The van der Waals surface area contributed by atoms with Crippen LogP contribution in [-0.4, -0.2) is 25.7 Å². The van der Waals surface area contributed by atoms with Crippen LogP contribution < -0.4 is 10.2 Å². The number of hydrogen-bond donors (Lipinski definition) is 1. The number of nitrogens with one attached hydrogen (secondary N) is 1. The first kappa shape index (κ1) is 13.3. The SMILES string of the molecule is CC1CNCCN1c1ccc(C(F)(F)F)c2ccoc12. The summed E-state index contributed by atoms with van der Waals surface area (Å²) in [6.07, 6.45) is -3.05. The smallest absolute Gasteiger partial charge is 0.417 e. The van der Waals surface area contributed by atoms with Gasteiger partial charge < -0.3 is 14.6 Å². The van der Waals surface area contributed by atoms with Gasteiger partial charge >= 0.3 is 6.18 Å². The van der Waals surface area contributed by atoms with E-state index in [1.165, 1.54) is 18.4 Å². The number of anilines is 1. The van der Waals surface area contributed by atoms with Crippen molar-refractivity contribution in [2.24, 2.45) is 0 Å². The normalized spacial score (nSPS) is 20.6. The molecule has 0 aliphatic carbocycles. The summed E-state index contributed by atoms with van der Waals surface area (Å²) in [5, 5.41) is 3.39. The monoisotopic (exact) mass is 284 g/mol. The third-order valence-corrected chi connectivity index (χ3v) is 3.71. The Balaban J connectivity index is 2.12. The molecule has 20 heavy (non-hydrogen) atoms. The summed E-state index contributed by atoms with van der Waals surface area (Å²) in [6, 6.07) is 4.25. The Bertz CT molecular complexity index is 620. The fourth-order valence-corrected chi connectivity index (χ4v) is 2.72. The molecule has 108 valence electrons. The minimum absolute atomic E-state index is 0.126. The fourth-order valence-electron chi connectivity index (χ4n) is 2.72. The van der Waals surface area contributed by atoms with Crippen LogP contribution in [0.2, 0.25) is 0 Å². The predicted molar refractivity (Wildman–Crippen MR) is 70.9 cm³/mol. The summed E-state index contributed by atoms with van der Waals surface area (Å²) < 4.78 is 44.3. The third-order valence-electron chi connectivity index (χ3n) is 3.71. The van der Waals surface area contributed by atoms with Crippen LogP contribution in [0.5, 0.6) is 0 Å². The number of furan rings is 1. The Morgan fingerprint density at radius 1 is 1.30 bits per heavy atom. The highest BCUT2D eigenvalue weighted by molar-refractivity contribution is 5.92. The molecule has 2 heterocycles. The molecule has 1 saturated heterocycles. The van der Waals surface area contributed by atoms with Crippen molar-refractivity contribution >= 4 is 16.7 Å². The third kappa shape index (κ3) is 2.14. The van der Waals surface area contributed by atoms with Gasteiger partial charge in [0.2, 0.25) is 0 Å². The molecule has 3 nitrogen and oxygen atoms in total. The molecule has 1 aromatic heterocycles. The van der Waals surface area contributed by atoms with E-state index in [-0.39, 0.29) is 11.4 Å². The molecule has 0 spiro atoms. The Hall–Kier alpha value is -1.69. The van der Waals surface area contributed by atoms with E-state index in [9.17, 15) is 13.2 Å². The lowest BCUT2D eigenvalue weighted by molar-refractivity contribution is -0.136. The van der Waals surface area contributed by atoms with Gasteiger partial charge in [0, 0.05) is 31.1 Å². The first-order chi connectivity index (χ1) is 9.48.